The quantitative estimate of drug-likeness (QED) is 0.842. The van der Waals surface area contributed by atoms with Gasteiger partial charge in [-0.1, -0.05) is 23.7 Å². The Hall–Kier alpha value is -0.900. The Labute approximate surface area is 112 Å². The van der Waals surface area contributed by atoms with Gasteiger partial charge in [0.1, 0.15) is 5.60 Å². The molecule has 0 atom stereocenters. The van der Waals surface area contributed by atoms with Gasteiger partial charge in [-0.2, -0.15) is 0 Å². The first-order chi connectivity index (χ1) is 8.66. The fourth-order valence-electron chi connectivity index (χ4n) is 2.29. The second kappa shape index (κ2) is 5.83. The van der Waals surface area contributed by atoms with Crippen LogP contribution in [0.2, 0.25) is 5.02 Å². The lowest BCUT2D eigenvalue weighted by Crippen LogP contribution is -2.46. The summed E-state index contributed by atoms with van der Waals surface area (Å²) in [6, 6.07) is 7.39. The van der Waals surface area contributed by atoms with Gasteiger partial charge in [-0.25, -0.2) is 0 Å². The summed E-state index contributed by atoms with van der Waals surface area (Å²) in [7, 11) is 1.60. The van der Waals surface area contributed by atoms with E-state index >= 15 is 0 Å². The first-order valence-electron chi connectivity index (χ1n) is 6.07. The fourth-order valence-corrected chi connectivity index (χ4v) is 2.50. The van der Waals surface area contributed by atoms with Gasteiger partial charge in [0, 0.05) is 44.6 Å². The van der Waals surface area contributed by atoms with Gasteiger partial charge in [-0.3, -0.25) is 4.79 Å². The monoisotopic (exact) mass is 268 g/mol. The highest BCUT2D eigenvalue weighted by Gasteiger charge is 2.39. The summed E-state index contributed by atoms with van der Waals surface area (Å²) in [5.41, 5.74) is 0.246. The van der Waals surface area contributed by atoms with Crippen LogP contribution in [0.5, 0.6) is 0 Å². The molecule has 1 saturated heterocycles. The predicted octanol–water partition coefficient (Wildman–Crippen LogP) is 2.65. The number of ether oxygens (including phenoxy) is 2. The molecule has 1 aliphatic heterocycles. The van der Waals surface area contributed by atoms with Crippen LogP contribution in [0.25, 0.3) is 0 Å². The first-order valence-corrected chi connectivity index (χ1v) is 6.45. The van der Waals surface area contributed by atoms with Crippen LogP contribution in [0.4, 0.5) is 0 Å². The Morgan fingerprint density at radius 3 is 2.78 bits per heavy atom. The van der Waals surface area contributed by atoms with Gasteiger partial charge in [-0.15, -0.1) is 0 Å². The smallest absolute Gasteiger partial charge is 0.169 e. The van der Waals surface area contributed by atoms with Crippen LogP contribution >= 0.6 is 11.6 Å². The number of carbonyl (C=O) groups excluding carboxylic acids is 1. The average Bonchev–Trinajstić information content (AvgIpc) is 2.39. The second-order valence-electron chi connectivity index (χ2n) is 4.54. The number of ketones is 1. The lowest BCUT2D eigenvalue weighted by molar-refractivity contribution is -0.151. The SMILES string of the molecule is COC1(C(=O)Cc2cccc(Cl)c2)CCOCC1. The molecular formula is C14H17ClO3. The molecule has 0 amide bonds. The molecule has 0 spiro atoms. The third kappa shape index (κ3) is 2.91. The molecule has 1 aromatic rings. The van der Waals surface area contributed by atoms with Crippen molar-refractivity contribution in [1.29, 1.82) is 0 Å². The van der Waals surface area contributed by atoms with E-state index in [0.717, 1.165) is 5.56 Å². The minimum Gasteiger partial charge on any atom is -0.381 e. The van der Waals surface area contributed by atoms with E-state index in [-0.39, 0.29) is 5.78 Å². The minimum absolute atomic E-state index is 0.107. The molecule has 0 aliphatic carbocycles. The van der Waals surface area contributed by atoms with Gasteiger partial charge in [0.25, 0.3) is 0 Å². The summed E-state index contributed by atoms with van der Waals surface area (Å²) >= 11 is 5.92. The molecule has 0 aromatic heterocycles. The lowest BCUT2D eigenvalue weighted by atomic mass is 9.86. The Bertz CT molecular complexity index is 425. The Morgan fingerprint density at radius 1 is 1.44 bits per heavy atom. The zero-order chi connectivity index (χ0) is 13.0. The van der Waals surface area contributed by atoms with Crippen molar-refractivity contribution in [2.45, 2.75) is 24.9 Å². The lowest BCUT2D eigenvalue weighted by Gasteiger charge is -2.34. The van der Waals surface area contributed by atoms with Crippen molar-refractivity contribution in [3.8, 4) is 0 Å². The van der Waals surface area contributed by atoms with Crippen LogP contribution < -0.4 is 0 Å². The van der Waals surface area contributed by atoms with E-state index in [0.29, 0.717) is 37.5 Å². The molecule has 18 heavy (non-hydrogen) atoms. The molecule has 0 N–H and O–H groups in total. The van der Waals surface area contributed by atoms with Crippen LogP contribution in [-0.4, -0.2) is 31.7 Å². The van der Waals surface area contributed by atoms with E-state index < -0.39 is 5.60 Å². The van der Waals surface area contributed by atoms with E-state index in [4.69, 9.17) is 21.1 Å². The third-order valence-electron chi connectivity index (χ3n) is 3.45. The van der Waals surface area contributed by atoms with Gasteiger partial charge >= 0.3 is 0 Å². The maximum absolute atomic E-state index is 12.4. The van der Waals surface area contributed by atoms with Crippen molar-refractivity contribution in [1.82, 2.24) is 0 Å². The molecule has 0 bridgehead atoms. The van der Waals surface area contributed by atoms with Gasteiger partial charge in [0.15, 0.2) is 5.78 Å². The molecule has 98 valence electrons. The normalized spacial score (nSPS) is 18.6. The predicted molar refractivity (Wildman–Crippen MR) is 70.0 cm³/mol. The maximum Gasteiger partial charge on any atom is 0.169 e. The van der Waals surface area contributed by atoms with Crippen molar-refractivity contribution < 1.29 is 14.3 Å². The Balaban J connectivity index is 2.10. The minimum atomic E-state index is -0.680. The second-order valence-corrected chi connectivity index (χ2v) is 4.98. The molecule has 0 radical (unpaired) electrons. The number of halogens is 1. The van der Waals surface area contributed by atoms with Crippen LogP contribution in [0, 0.1) is 0 Å². The maximum atomic E-state index is 12.4. The van der Waals surface area contributed by atoms with E-state index in [9.17, 15) is 4.79 Å². The summed E-state index contributed by atoms with van der Waals surface area (Å²) in [6.07, 6.45) is 1.61. The number of methoxy groups -OCH3 is 1. The molecular weight excluding hydrogens is 252 g/mol. The van der Waals surface area contributed by atoms with E-state index in [1.54, 1.807) is 13.2 Å². The van der Waals surface area contributed by atoms with Crippen LogP contribution in [0.3, 0.4) is 0 Å². The molecule has 3 nitrogen and oxygen atoms in total. The summed E-state index contributed by atoms with van der Waals surface area (Å²) < 4.78 is 10.8. The zero-order valence-corrected chi connectivity index (χ0v) is 11.2. The van der Waals surface area contributed by atoms with E-state index in [1.807, 2.05) is 18.2 Å². The molecule has 1 aromatic carbocycles. The fraction of sp³-hybridized carbons (Fsp3) is 0.500. The highest BCUT2D eigenvalue weighted by atomic mass is 35.5. The average molecular weight is 269 g/mol. The molecule has 1 heterocycles. The number of hydrogen-bond donors (Lipinski definition) is 0. The first kappa shape index (κ1) is 13.5. The summed E-state index contributed by atoms with van der Waals surface area (Å²) in [6.45, 7) is 1.16. The van der Waals surface area contributed by atoms with Crippen molar-refractivity contribution >= 4 is 17.4 Å². The number of Topliss-reactive ketones (excluding diaryl/α,β-unsaturated/α-hetero) is 1. The zero-order valence-electron chi connectivity index (χ0n) is 10.4. The summed E-state index contributed by atoms with van der Waals surface area (Å²) in [5.74, 6) is 0.107. The molecule has 1 fully saturated rings. The Morgan fingerprint density at radius 2 is 2.17 bits per heavy atom. The molecule has 2 rings (SSSR count). The number of rotatable bonds is 4. The van der Waals surface area contributed by atoms with Crippen molar-refractivity contribution in [3.63, 3.8) is 0 Å². The Kier molecular flexibility index (Phi) is 4.38. The number of benzene rings is 1. The van der Waals surface area contributed by atoms with Gasteiger partial charge in [-0.05, 0) is 17.7 Å². The van der Waals surface area contributed by atoms with Gasteiger partial charge < -0.3 is 9.47 Å². The number of carbonyl (C=O) groups is 1. The summed E-state index contributed by atoms with van der Waals surface area (Å²) in [5, 5.41) is 0.652. The molecule has 0 unspecified atom stereocenters. The standard InChI is InChI=1S/C14H17ClO3/c1-17-14(5-7-18-8-6-14)13(16)10-11-3-2-4-12(15)9-11/h2-4,9H,5-8,10H2,1H3. The number of hydrogen-bond acceptors (Lipinski definition) is 3. The van der Waals surface area contributed by atoms with Crippen molar-refractivity contribution in [2.24, 2.45) is 0 Å². The van der Waals surface area contributed by atoms with Crippen molar-refractivity contribution in [2.75, 3.05) is 20.3 Å². The third-order valence-corrected chi connectivity index (χ3v) is 3.69. The summed E-state index contributed by atoms with van der Waals surface area (Å²) in [4.78, 5) is 12.4. The topological polar surface area (TPSA) is 35.5 Å². The molecule has 1 aliphatic rings. The van der Waals surface area contributed by atoms with Crippen molar-refractivity contribution in [3.05, 3.63) is 34.9 Å². The van der Waals surface area contributed by atoms with E-state index in [1.165, 1.54) is 0 Å². The van der Waals surface area contributed by atoms with Gasteiger partial charge in [0.2, 0.25) is 0 Å². The largest absolute Gasteiger partial charge is 0.381 e. The van der Waals surface area contributed by atoms with Crippen LogP contribution in [0.15, 0.2) is 24.3 Å². The molecule has 0 saturated carbocycles. The van der Waals surface area contributed by atoms with Crippen LogP contribution in [-0.2, 0) is 20.7 Å². The highest BCUT2D eigenvalue weighted by Crippen LogP contribution is 2.27. The van der Waals surface area contributed by atoms with Gasteiger partial charge in [0.05, 0.1) is 0 Å². The molecule has 4 heteroatoms. The highest BCUT2D eigenvalue weighted by molar-refractivity contribution is 6.30. The van der Waals surface area contributed by atoms with Crippen LogP contribution in [0.1, 0.15) is 18.4 Å². The van der Waals surface area contributed by atoms with E-state index in [2.05, 4.69) is 0 Å².